The molecule has 1 aliphatic carbocycles. The van der Waals surface area contributed by atoms with Gasteiger partial charge in [0.1, 0.15) is 0 Å². The van der Waals surface area contributed by atoms with Crippen molar-refractivity contribution in [2.45, 2.75) is 46.1 Å². The molecule has 6 rings (SSSR count). The molecule has 1 aromatic carbocycles. The summed E-state index contributed by atoms with van der Waals surface area (Å²) < 4.78 is 1.95. The number of nitrogens with zero attached hydrogens (tertiary/aromatic N) is 6. The van der Waals surface area contributed by atoms with Gasteiger partial charge in [-0.25, -0.2) is 9.67 Å². The number of piperazine rings is 1. The Morgan fingerprint density at radius 1 is 1.07 bits per heavy atom. The fraction of sp³-hybridized carbons (Fsp3) is 0.367. The summed E-state index contributed by atoms with van der Waals surface area (Å²) in [6.07, 6.45) is 6.27. The zero-order chi connectivity index (χ0) is 27.8. The second kappa shape index (κ2) is 10.9. The molecule has 10 heteroatoms. The van der Waals surface area contributed by atoms with Crippen LogP contribution in [0, 0.1) is 0 Å². The summed E-state index contributed by atoms with van der Waals surface area (Å²) in [6.45, 7) is 9.26. The summed E-state index contributed by atoms with van der Waals surface area (Å²) in [4.78, 5) is 39.4. The van der Waals surface area contributed by atoms with Crippen molar-refractivity contribution in [1.82, 2.24) is 29.5 Å². The summed E-state index contributed by atoms with van der Waals surface area (Å²) >= 11 is 1.47. The van der Waals surface area contributed by atoms with Crippen molar-refractivity contribution < 1.29 is 9.59 Å². The van der Waals surface area contributed by atoms with Crippen molar-refractivity contribution in [1.29, 1.82) is 0 Å². The summed E-state index contributed by atoms with van der Waals surface area (Å²) in [5, 5.41) is 8.50. The van der Waals surface area contributed by atoms with Gasteiger partial charge in [-0.15, -0.1) is 0 Å². The molecule has 1 unspecified atom stereocenters. The molecule has 0 saturated carbocycles. The third-order valence-electron chi connectivity index (χ3n) is 7.90. The number of hydrogen-bond donors (Lipinski definition) is 1. The molecule has 3 aromatic heterocycles. The number of hydrogen-bond acceptors (Lipinski definition) is 7. The number of nitrogens with one attached hydrogen (secondary N) is 1. The molecule has 4 aromatic rings. The molecule has 1 saturated heterocycles. The van der Waals surface area contributed by atoms with Crippen LogP contribution in [0.5, 0.6) is 0 Å². The van der Waals surface area contributed by atoms with Crippen molar-refractivity contribution in [2.24, 2.45) is 0 Å². The number of aromatic nitrogens is 4. The minimum Gasteiger partial charge on any atom is -0.336 e. The standard InChI is InChI=1S/C30H33N7O2S/c1-4-19(2)35-14-16-36(17-15-35)29(39)21-7-9-23(10-8-21)37-27-24(26(34-37)22-6-5-13-31-18-22)11-12-25-28(27)40-30(33-25)32-20(3)38/h5-10,13,18-19H,4,11-12,14-17H2,1-3H3,(H,32,33,38). The van der Waals surface area contributed by atoms with Gasteiger partial charge in [0.25, 0.3) is 5.91 Å². The van der Waals surface area contributed by atoms with E-state index in [1.165, 1.54) is 18.3 Å². The zero-order valence-corrected chi connectivity index (χ0v) is 23.9. The predicted molar refractivity (Wildman–Crippen MR) is 157 cm³/mol. The Morgan fingerprint density at radius 2 is 1.85 bits per heavy atom. The first-order valence-electron chi connectivity index (χ1n) is 13.9. The predicted octanol–water partition coefficient (Wildman–Crippen LogP) is 4.67. The van der Waals surface area contributed by atoms with Gasteiger partial charge < -0.3 is 10.2 Å². The Balaban J connectivity index is 1.33. The summed E-state index contributed by atoms with van der Waals surface area (Å²) in [5.74, 6) is -0.0731. The number of pyridine rings is 1. The number of anilines is 1. The minimum absolute atomic E-state index is 0.0681. The fourth-order valence-corrected chi connectivity index (χ4v) is 6.66. The largest absolute Gasteiger partial charge is 0.336 e. The Hall–Kier alpha value is -3.89. The first kappa shape index (κ1) is 26.3. The molecule has 40 heavy (non-hydrogen) atoms. The highest BCUT2D eigenvalue weighted by Crippen LogP contribution is 2.44. The lowest BCUT2D eigenvalue weighted by atomic mass is 9.95. The maximum Gasteiger partial charge on any atom is 0.253 e. The molecule has 1 atom stereocenters. The average molecular weight is 556 g/mol. The third kappa shape index (κ3) is 4.93. The molecule has 0 spiro atoms. The van der Waals surface area contributed by atoms with Crippen LogP contribution in [0.3, 0.4) is 0 Å². The molecular formula is C30H33N7O2S. The number of carbonyl (C=O) groups is 2. The number of fused-ring (bicyclic) bond motifs is 3. The van der Waals surface area contributed by atoms with Gasteiger partial charge in [0.05, 0.1) is 27.6 Å². The first-order valence-corrected chi connectivity index (χ1v) is 14.7. The van der Waals surface area contributed by atoms with Gasteiger partial charge in [0, 0.05) is 68.2 Å². The Bertz CT molecular complexity index is 1540. The van der Waals surface area contributed by atoms with Crippen LogP contribution < -0.4 is 5.32 Å². The number of aryl methyl sites for hydroxylation is 1. The lowest BCUT2D eigenvalue weighted by Crippen LogP contribution is -2.51. The van der Waals surface area contributed by atoms with Gasteiger partial charge >= 0.3 is 0 Å². The van der Waals surface area contributed by atoms with Crippen LogP contribution in [0.1, 0.15) is 48.8 Å². The van der Waals surface area contributed by atoms with Crippen LogP contribution in [0.25, 0.3) is 27.5 Å². The molecule has 0 bridgehead atoms. The van der Waals surface area contributed by atoms with E-state index < -0.39 is 0 Å². The van der Waals surface area contributed by atoms with Gasteiger partial charge in [-0.2, -0.15) is 5.10 Å². The maximum absolute atomic E-state index is 13.3. The third-order valence-corrected chi connectivity index (χ3v) is 8.92. The molecule has 2 aliphatic rings. The van der Waals surface area contributed by atoms with E-state index in [1.54, 1.807) is 6.20 Å². The van der Waals surface area contributed by atoms with E-state index in [4.69, 9.17) is 10.1 Å². The van der Waals surface area contributed by atoms with E-state index in [0.29, 0.717) is 16.7 Å². The van der Waals surface area contributed by atoms with Crippen LogP contribution in [-0.2, 0) is 17.6 Å². The van der Waals surface area contributed by atoms with Gasteiger partial charge in [0.15, 0.2) is 5.13 Å². The van der Waals surface area contributed by atoms with Gasteiger partial charge in [0.2, 0.25) is 5.91 Å². The van der Waals surface area contributed by atoms with Crippen molar-refractivity contribution in [3.8, 4) is 27.5 Å². The lowest BCUT2D eigenvalue weighted by Gasteiger charge is -2.37. The molecule has 4 heterocycles. The molecule has 1 N–H and O–H groups in total. The highest BCUT2D eigenvalue weighted by molar-refractivity contribution is 7.19. The van der Waals surface area contributed by atoms with E-state index >= 15 is 0 Å². The topological polar surface area (TPSA) is 96.3 Å². The van der Waals surface area contributed by atoms with Crippen LogP contribution in [-0.4, -0.2) is 73.6 Å². The van der Waals surface area contributed by atoms with E-state index in [1.807, 2.05) is 52.2 Å². The normalized spacial score (nSPS) is 15.8. The minimum atomic E-state index is -0.141. The van der Waals surface area contributed by atoms with Crippen LogP contribution in [0.4, 0.5) is 5.13 Å². The SMILES string of the molecule is CCC(C)N1CCN(C(=O)c2ccc(-n3nc(-c4cccnc4)c4c3-c3sc(NC(C)=O)nc3CC4)cc2)CC1. The maximum atomic E-state index is 13.3. The molecule has 1 fully saturated rings. The Labute approximate surface area is 237 Å². The van der Waals surface area contributed by atoms with Crippen molar-refractivity contribution >= 4 is 28.3 Å². The van der Waals surface area contributed by atoms with Crippen LogP contribution in [0.2, 0.25) is 0 Å². The van der Waals surface area contributed by atoms with Crippen molar-refractivity contribution in [3.05, 3.63) is 65.6 Å². The van der Waals surface area contributed by atoms with E-state index in [0.717, 1.165) is 84.2 Å². The van der Waals surface area contributed by atoms with Gasteiger partial charge in [-0.3, -0.25) is 19.5 Å². The molecule has 2 amide bonds. The average Bonchev–Trinajstić information content (AvgIpc) is 3.58. The Morgan fingerprint density at radius 3 is 2.52 bits per heavy atom. The number of thiazole rings is 1. The van der Waals surface area contributed by atoms with Crippen molar-refractivity contribution in [3.63, 3.8) is 0 Å². The smallest absolute Gasteiger partial charge is 0.253 e. The van der Waals surface area contributed by atoms with E-state index in [2.05, 4.69) is 29.0 Å². The highest BCUT2D eigenvalue weighted by Gasteiger charge is 2.30. The monoisotopic (exact) mass is 555 g/mol. The molecule has 0 radical (unpaired) electrons. The second-order valence-corrected chi connectivity index (χ2v) is 11.4. The molecule has 1 aliphatic heterocycles. The number of benzene rings is 1. The van der Waals surface area contributed by atoms with Gasteiger partial charge in [-0.1, -0.05) is 18.3 Å². The quantitative estimate of drug-likeness (QED) is 0.372. The zero-order valence-electron chi connectivity index (χ0n) is 23.1. The van der Waals surface area contributed by atoms with Crippen LogP contribution >= 0.6 is 11.3 Å². The first-order chi connectivity index (χ1) is 19.4. The Kier molecular flexibility index (Phi) is 7.20. The molecule has 206 valence electrons. The summed E-state index contributed by atoms with van der Waals surface area (Å²) in [7, 11) is 0. The highest BCUT2D eigenvalue weighted by atomic mass is 32.1. The summed E-state index contributed by atoms with van der Waals surface area (Å²) in [5.41, 5.74) is 6.47. The fourth-order valence-electron chi connectivity index (χ4n) is 5.55. The number of carbonyl (C=O) groups excluding carboxylic acids is 2. The molecule has 9 nitrogen and oxygen atoms in total. The van der Waals surface area contributed by atoms with E-state index in [-0.39, 0.29) is 11.8 Å². The van der Waals surface area contributed by atoms with Crippen molar-refractivity contribution in [2.75, 3.05) is 31.5 Å². The van der Waals surface area contributed by atoms with Gasteiger partial charge in [-0.05, 0) is 62.6 Å². The molecular weight excluding hydrogens is 522 g/mol. The second-order valence-electron chi connectivity index (χ2n) is 10.4. The number of rotatable bonds is 6. The summed E-state index contributed by atoms with van der Waals surface area (Å²) in [6, 6.07) is 12.2. The van der Waals surface area contributed by atoms with Crippen LogP contribution in [0.15, 0.2) is 48.8 Å². The number of amides is 2. The lowest BCUT2D eigenvalue weighted by molar-refractivity contribution is -0.114. The van der Waals surface area contributed by atoms with E-state index in [9.17, 15) is 9.59 Å².